The first-order valence-corrected chi connectivity index (χ1v) is 8.14. The summed E-state index contributed by atoms with van der Waals surface area (Å²) in [5.41, 5.74) is 0. The molecule has 0 bridgehead atoms. The van der Waals surface area contributed by atoms with Crippen molar-refractivity contribution in [2.24, 2.45) is 0 Å². The number of thiophene rings is 1. The van der Waals surface area contributed by atoms with Gasteiger partial charge in [0.1, 0.15) is 0 Å². The van der Waals surface area contributed by atoms with Crippen LogP contribution in [-0.2, 0) is 6.54 Å². The molecule has 1 aliphatic rings. The Hall–Kier alpha value is 0.1000. The molecule has 1 aromatic rings. The van der Waals surface area contributed by atoms with Crippen LogP contribution in [0, 0.1) is 0 Å². The molecule has 2 rings (SSSR count). The van der Waals surface area contributed by atoms with Crippen LogP contribution in [0.15, 0.2) is 15.9 Å². The van der Waals surface area contributed by atoms with E-state index in [9.17, 15) is 0 Å². The lowest BCUT2D eigenvalue weighted by atomic mass is 10.1. The van der Waals surface area contributed by atoms with Crippen molar-refractivity contribution in [2.45, 2.75) is 38.8 Å². The van der Waals surface area contributed by atoms with Gasteiger partial charge >= 0.3 is 0 Å². The molecule has 1 aliphatic heterocycles. The van der Waals surface area contributed by atoms with E-state index in [0.29, 0.717) is 6.04 Å². The van der Waals surface area contributed by atoms with Crippen LogP contribution in [0.5, 0.6) is 0 Å². The van der Waals surface area contributed by atoms with E-state index >= 15 is 0 Å². The second kappa shape index (κ2) is 6.88. The number of hydrogen-bond donors (Lipinski definition) is 1. The van der Waals surface area contributed by atoms with E-state index in [1.54, 1.807) is 0 Å². The monoisotopic (exact) mass is 316 g/mol. The topological polar surface area (TPSA) is 15.3 Å². The molecule has 1 atom stereocenters. The Balaban J connectivity index is 1.80. The third-order valence-electron chi connectivity index (χ3n) is 3.19. The molecule has 4 heteroatoms. The predicted molar refractivity (Wildman–Crippen MR) is 78.6 cm³/mol. The van der Waals surface area contributed by atoms with Gasteiger partial charge in [-0.3, -0.25) is 4.90 Å². The maximum Gasteiger partial charge on any atom is 0.0328 e. The number of hydrogen-bond acceptors (Lipinski definition) is 3. The van der Waals surface area contributed by atoms with Crippen LogP contribution in [0.2, 0.25) is 0 Å². The number of nitrogens with one attached hydrogen (secondary N) is 1. The molecule has 17 heavy (non-hydrogen) atoms. The lowest BCUT2D eigenvalue weighted by molar-refractivity contribution is 0.185. The summed E-state index contributed by atoms with van der Waals surface area (Å²) in [6.45, 7) is 6.95. The molecule has 0 saturated carbocycles. The lowest BCUT2D eigenvalue weighted by Crippen LogP contribution is -2.45. The molecule has 1 unspecified atom stereocenters. The van der Waals surface area contributed by atoms with Gasteiger partial charge in [0, 0.05) is 33.9 Å². The largest absolute Gasteiger partial charge is 0.313 e. The van der Waals surface area contributed by atoms with Gasteiger partial charge in [0.15, 0.2) is 0 Å². The Morgan fingerprint density at radius 3 is 3.18 bits per heavy atom. The molecule has 2 heterocycles. The number of nitrogens with zero attached hydrogens (tertiary/aromatic N) is 1. The third kappa shape index (κ3) is 4.36. The summed E-state index contributed by atoms with van der Waals surface area (Å²) in [6.07, 6.45) is 3.90. The average molecular weight is 317 g/mol. The quantitative estimate of drug-likeness (QED) is 0.894. The van der Waals surface area contributed by atoms with Crippen LogP contribution in [0.25, 0.3) is 0 Å². The summed E-state index contributed by atoms with van der Waals surface area (Å²) in [5.74, 6) is 0. The molecule has 96 valence electrons. The van der Waals surface area contributed by atoms with Crippen molar-refractivity contribution < 1.29 is 0 Å². The smallest absolute Gasteiger partial charge is 0.0328 e. The van der Waals surface area contributed by atoms with E-state index in [0.717, 1.165) is 13.1 Å². The van der Waals surface area contributed by atoms with Gasteiger partial charge in [0.25, 0.3) is 0 Å². The van der Waals surface area contributed by atoms with E-state index in [2.05, 4.69) is 44.5 Å². The minimum Gasteiger partial charge on any atom is -0.313 e. The standard InChI is InChI=1S/C13H21BrN2S/c1-2-5-15-12-4-3-6-16(8-12)9-13-7-11(14)10-17-13/h7,10,12,15H,2-6,8-9H2,1H3. The zero-order valence-electron chi connectivity index (χ0n) is 10.4. The highest BCUT2D eigenvalue weighted by Crippen LogP contribution is 2.22. The summed E-state index contributed by atoms with van der Waals surface area (Å²) in [7, 11) is 0. The normalized spacial score (nSPS) is 21.9. The first-order chi connectivity index (χ1) is 8.28. The highest BCUT2D eigenvalue weighted by atomic mass is 79.9. The summed E-state index contributed by atoms with van der Waals surface area (Å²) in [4.78, 5) is 4.04. The zero-order chi connectivity index (χ0) is 12.1. The molecular formula is C13H21BrN2S. The Bertz CT molecular complexity index is 340. The predicted octanol–water partition coefficient (Wildman–Crippen LogP) is 3.47. The van der Waals surface area contributed by atoms with Crippen molar-refractivity contribution in [3.05, 3.63) is 20.8 Å². The van der Waals surface area contributed by atoms with Crippen LogP contribution in [0.3, 0.4) is 0 Å². The van der Waals surface area contributed by atoms with Gasteiger partial charge in [-0.15, -0.1) is 11.3 Å². The third-order valence-corrected chi connectivity index (χ3v) is 4.87. The average Bonchev–Trinajstić information content (AvgIpc) is 2.73. The highest BCUT2D eigenvalue weighted by Gasteiger charge is 2.19. The first kappa shape index (κ1) is 13.5. The molecule has 1 fully saturated rings. The summed E-state index contributed by atoms with van der Waals surface area (Å²) < 4.78 is 1.22. The Kier molecular flexibility index (Phi) is 5.48. The van der Waals surface area contributed by atoms with Crippen molar-refractivity contribution in [3.63, 3.8) is 0 Å². The van der Waals surface area contributed by atoms with Crippen LogP contribution < -0.4 is 5.32 Å². The van der Waals surface area contributed by atoms with Gasteiger partial charge in [-0.1, -0.05) is 6.92 Å². The fourth-order valence-electron chi connectivity index (χ4n) is 2.37. The van der Waals surface area contributed by atoms with Crippen LogP contribution in [0.4, 0.5) is 0 Å². The molecular weight excluding hydrogens is 296 g/mol. The van der Waals surface area contributed by atoms with Crippen molar-refractivity contribution in [2.75, 3.05) is 19.6 Å². The lowest BCUT2D eigenvalue weighted by Gasteiger charge is -2.32. The van der Waals surface area contributed by atoms with E-state index in [1.165, 1.54) is 41.7 Å². The molecule has 1 N–H and O–H groups in total. The Labute approximate surface area is 117 Å². The molecule has 0 aromatic carbocycles. The summed E-state index contributed by atoms with van der Waals surface area (Å²) >= 11 is 5.38. The first-order valence-electron chi connectivity index (χ1n) is 6.46. The number of likely N-dealkylation sites (tertiary alicyclic amines) is 1. The zero-order valence-corrected chi connectivity index (χ0v) is 12.8. The van der Waals surface area contributed by atoms with Gasteiger partial charge in [0.05, 0.1) is 0 Å². The van der Waals surface area contributed by atoms with Gasteiger partial charge in [-0.25, -0.2) is 0 Å². The second-order valence-corrected chi connectivity index (χ2v) is 6.67. The van der Waals surface area contributed by atoms with E-state index in [4.69, 9.17) is 0 Å². The fraction of sp³-hybridized carbons (Fsp3) is 0.692. The molecule has 0 amide bonds. The summed E-state index contributed by atoms with van der Waals surface area (Å²) in [6, 6.07) is 2.94. The second-order valence-electron chi connectivity index (χ2n) is 4.76. The SMILES string of the molecule is CCCNC1CCCN(Cc2cc(Br)cs2)C1. The van der Waals surface area contributed by atoms with Crippen LogP contribution >= 0.6 is 27.3 Å². The van der Waals surface area contributed by atoms with E-state index < -0.39 is 0 Å². The molecule has 1 aromatic heterocycles. The Morgan fingerprint density at radius 2 is 2.47 bits per heavy atom. The highest BCUT2D eigenvalue weighted by molar-refractivity contribution is 9.10. The van der Waals surface area contributed by atoms with Crippen molar-refractivity contribution in [1.82, 2.24) is 10.2 Å². The van der Waals surface area contributed by atoms with E-state index in [1.807, 2.05) is 11.3 Å². The number of rotatable bonds is 5. The van der Waals surface area contributed by atoms with Gasteiger partial charge in [-0.05, 0) is 54.3 Å². The van der Waals surface area contributed by atoms with Crippen molar-refractivity contribution in [3.8, 4) is 0 Å². The Morgan fingerprint density at radius 1 is 1.59 bits per heavy atom. The maximum atomic E-state index is 3.64. The van der Waals surface area contributed by atoms with Crippen molar-refractivity contribution >= 4 is 27.3 Å². The van der Waals surface area contributed by atoms with Crippen LogP contribution in [-0.4, -0.2) is 30.6 Å². The molecule has 0 aliphatic carbocycles. The summed E-state index contributed by atoms with van der Waals surface area (Å²) in [5, 5.41) is 5.82. The van der Waals surface area contributed by atoms with Gasteiger partial charge in [0.2, 0.25) is 0 Å². The number of halogens is 1. The van der Waals surface area contributed by atoms with Crippen molar-refractivity contribution in [1.29, 1.82) is 0 Å². The molecule has 0 radical (unpaired) electrons. The minimum absolute atomic E-state index is 0.701. The maximum absolute atomic E-state index is 3.64. The molecule has 0 spiro atoms. The fourth-order valence-corrected chi connectivity index (χ4v) is 3.86. The van der Waals surface area contributed by atoms with Gasteiger partial charge < -0.3 is 5.32 Å². The molecule has 2 nitrogen and oxygen atoms in total. The van der Waals surface area contributed by atoms with E-state index in [-0.39, 0.29) is 0 Å². The molecule has 1 saturated heterocycles. The number of piperidine rings is 1. The van der Waals surface area contributed by atoms with Crippen LogP contribution in [0.1, 0.15) is 31.1 Å². The van der Waals surface area contributed by atoms with Gasteiger partial charge in [-0.2, -0.15) is 0 Å². The minimum atomic E-state index is 0.701.